The van der Waals surface area contributed by atoms with Crippen LogP contribution in [-0.2, 0) is 14.3 Å². The van der Waals surface area contributed by atoms with E-state index in [0.29, 0.717) is 23.4 Å². The number of carboxylic acid groups (broad SMARTS) is 1. The fourth-order valence-electron chi connectivity index (χ4n) is 1.60. The third kappa shape index (κ3) is 10.1. The Hall–Kier alpha value is -1.10. The van der Waals surface area contributed by atoms with Crippen molar-refractivity contribution >= 4 is 11.9 Å². The number of hydrogen-bond acceptors (Lipinski definition) is 3. The summed E-state index contributed by atoms with van der Waals surface area (Å²) in [5, 5.41) is 8.81. The number of quaternary nitrogens is 1. The maximum atomic E-state index is 11.6. The van der Waals surface area contributed by atoms with E-state index < -0.39 is 12.1 Å². The molecule has 0 saturated carbocycles. The number of aliphatic carboxylic acids is 1. The molecule has 0 unspecified atom stereocenters. The van der Waals surface area contributed by atoms with Gasteiger partial charge >= 0.3 is 11.9 Å². The van der Waals surface area contributed by atoms with Crippen LogP contribution in [0.25, 0.3) is 0 Å². The third-order valence-electron chi connectivity index (χ3n) is 2.38. The van der Waals surface area contributed by atoms with E-state index in [1.807, 2.05) is 35.0 Å². The first kappa shape index (κ1) is 16.9. The zero-order chi connectivity index (χ0) is 14.3. The molecule has 0 spiro atoms. The topological polar surface area (TPSA) is 63.6 Å². The number of hydrogen-bond donors (Lipinski definition) is 1. The van der Waals surface area contributed by atoms with Crippen LogP contribution < -0.4 is 0 Å². The van der Waals surface area contributed by atoms with Gasteiger partial charge in [-0.3, -0.25) is 9.59 Å². The SMILES string of the molecule is CC(C)CCC(=O)O[C@H](CC(=O)O)C[N+](C)(C)C. The summed E-state index contributed by atoms with van der Waals surface area (Å²) in [6.07, 6.45) is 0.429. The molecule has 0 radical (unpaired) electrons. The number of carbonyl (C=O) groups excluding carboxylic acids is 1. The smallest absolute Gasteiger partial charge is 0.307 e. The number of ether oxygens (including phenoxy) is 1. The first-order valence-electron chi connectivity index (χ1n) is 6.32. The zero-order valence-corrected chi connectivity index (χ0v) is 12.1. The van der Waals surface area contributed by atoms with Gasteiger partial charge in [-0.25, -0.2) is 0 Å². The van der Waals surface area contributed by atoms with Crippen molar-refractivity contribution < 1.29 is 23.9 Å². The molecule has 0 bridgehead atoms. The molecule has 0 aromatic carbocycles. The fraction of sp³-hybridized carbons (Fsp3) is 0.846. The number of likely N-dealkylation sites (N-methyl/N-ethyl adjacent to an activating group) is 1. The lowest BCUT2D eigenvalue weighted by Gasteiger charge is -2.28. The van der Waals surface area contributed by atoms with Gasteiger partial charge in [-0.05, 0) is 12.3 Å². The van der Waals surface area contributed by atoms with Crippen molar-refractivity contribution in [2.75, 3.05) is 27.7 Å². The Balaban J connectivity index is 4.31. The van der Waals surface area contributed by atoms with Gasteiger partial charge in [-0.15, -0.1) is 0 Å². The molecule has 0 amide bonds. The third-order valence-corrected chi connectivity index (χ3v) is 2.38. The largest absolute Gasteiger partial charge is 0.481 e. The standard InChI is InChI=1S/C13H25NO4/c1-10(2)6-7-13(17)18-11(8-12(15)16)9-14(3,4)5/h10-11H,6-9H2,1-5H3/p+1/t11-/m1/s1. The van der Waals surface area contributed by atoms with Crippen molar-refractivity contribution in [3.63, 3.8) is 0 Å². The van der Waals surface area contributed by atoms with E-state index in [1.54, 1.807) is 0 Å². The van der Waals surface area contributed by atoms with Crippen LogP contribution in [0.4, 0.5) is 0 Å². The second kappa shape index (κ2) is 7.36. The number of carboxylic acids is 1. The van der Waals surface area contributed by atoms with Gasteiger partial charge in [0.25, 0.3) is 0 Å². The summed E-state index contributed by atoms with van der Waals surface area (Å²) in [4.78, 5) is 22.3. The van der Waals surface area contributed by atoms with Gasteiger partial charge < -0.3 is 14.3 Å². The van der Waals surface area contributed by atoms with Crippen molar-refractivity contribution in [1.29, 1.82) is 0 Å². The molecule has 0 aromatic heterocycles. The molecule has 0 aliphatic carbocycles. The highest BCUT2D eigenvalue weighted by atomic mass is 16.5. The first-order valence-corrected chi connectivity index (χ1v) is 6.32. The molecule has 0 fully saturated rings. The monoisotopic (exact) mass is 260 g/mol. The van der Waals surface area contributed by atoms with Gasteiger partial charge in [0.1, 0.15) is 6.54 Å². The molecule has 0 aromatic rings. The summed E-state index contributed by atoms with van der Waals surface area (Å²) < 4.78 is 5.82. The Morgan fingerprint density at radius 2 is 1.78 bits per heavy atom. The molecule has 18 heavy (non-hydrogen) atoms. The van der Waals surface area contributed by atoms with E-state index in [9.17, 15) is 9.59 Å². The molecule has 0 saturated heterocycles. The Labute approximate surface area is 109 Å². The van der Waals surface area contributed by atoms with Crippen LogP contribution in [0.2, 0.25) is 0 Å². The molecule has 1 atom stereocenters. The number of esters is 1. The summed E-state index contributed by atoms with van der Waals surface area (Å²) in [5.74, 6) is -0.803. The van der Waals surface area contributed by atoms with Crippen molar-refractivity contribution in [3.8, 4) is 0 Å². The summed E-state index contributed by atoms with van der Waals surface area (Å²) in [6, 6.07) is 0. The summed E-state index contributed by atoms with van der Waals surface area (Å²) in [7, 11) is 5.82. The predicted molar refractivity (Wildman–Crippen MR) is 69.1 cm³/mol. The van der Waals surface area contributed by atoms with Crippen molar-refractivity contribution in [1.82, 2.24) is 0 Å². The quantitative estimate of drug-likeness (QED) is 0.531. The van der Waals surface area contributed by atoms with Crippen LogP contribution >= 0.6 is 0 Å². The fourth-order valence-corrected chi connectivity index (χ4v) is 1.60. The molecule has 0 aliphatic heterocycles. The van der Waals surface area contributed by atoms with Crippen molar-refractivity contribution in [3.05, 3.63) is 0 Å². The number of nitrogens with zero attached hydrogens (tertiary/aromatic N) is 1. The average molecular weight is 260 g/mol. The van der Waals surface area contributed by atoms with Gasteiger partial charge in [0.15, 0.2) is 6.10 Å². The van der Waals surface area contributed by atoms with Gasteiger partial charge in [0.05, 0.1) is 27.6 Å². The highest BCUT2D eigenvalue weighted by molar-refractivity contribution is 5.71. The molecule has 106 valence electrons. The highest BCUT2D eigenvalue weighted by Gasteiger charge is 2.24. The van der Waals surface area contributed by atoms with Crippen LogP contribution in [0.5, 0.6) is 0 Å². The molecule has 5 heteroatoms. The highest BCUT2D eigenvalue weighted by Crippen LogP contribution is 2.09. The van der Waals surface area contributed by atoms with E-state index in [0.717, 1.165) is 6.42 Å². The lowest BCUT2D eigenvalue weighted by atomic mass is 10.1. The van der Waals surface area contributed by atoms with Crippen molar-refractivity contribution in [2.45, 2.75) is 39.2 Å². The molecular formula is C13H26NO4+. The first-order chi connectivity index (χ1) is 8.10. The Morgan fingerprint density at radius 1 is 1.22 bits per heavy atom. The van der Waals surface area contributed by atoms with E-state index in [-0.39, 0.29) is 12.4 Å². The van der Waals surface area contributed by atoms with Crippen molar-refractivity contribution in [2.24, 2.45) is 5.92 Å². The second-order valence-corrected chi connectivity index (χ2v) is 6.12. The minimum atomic E-state index is -0.940. The zero-order valence-electron chi connectivity index (χ0n) is 12.1. The minimum absolute atomic E-state index is 0.136. The van der Waals surface area contributed by atoms with Gasteiger partial charge in [-0.1, -0.05) is 13.8 Å². The number of carbonyl (C=O) groups is 2. The molecule has 0 aliphatic rings. The second-order valence-electron chi connectivity index (χ2n) is 6.12. The van der Waals surface area contributed by atoms with Gasteiger partial charge in [0.2, 0.25) is 0 Å². The van der Waals surface area contributed by atoms with Crippen LogP contribution in [0.15, 0.2) is 0 Å². The maximum absolute atomic E-state index is 11.6. The molecular weight excluding hydrogens is 234 g/mol. The van der Waals surface area contributed by atoms with E-state index >= 15 is 0 Å². The molecule has 0 rings (SSSR count). The van der Waals surface area contributed by atoms with Crippen LogP contribution in [-0.4, -0.2) is 55.3 Å². The maximum Gasteiger partial charge on any atom is 0.307 e. The lowest BCUT2D eigenvalue weighted by Crippen LogP contribution is -2.43. The predicted octanol–water partition coefficient (Wildman–Crippen LogP) is 1.52. The van der Waals surface area contributed by atoms with E-state index in [2.05, 4.69) is 0 Å². The normalized spacial score (nSPS) is 13.4. The molecule has 0 heterocycles. The Morgan fingerprint density at radius 3 is 2.17 bits per heavy atom. The number of rotatable bonds is 8. The Bertz CT molecular complexity index is 281. The summed E-state index contributed by atoms with van der Waals surface area (Å²) in [6.45, 7) is 4.57. The molecule has 1 N–H and O–H groups in total. The molecule has 5 nitrogen and oxygen atoms in total. The van der Waals surface area contributed by atoms with Gasteiger partial charge in [0, 0.05) is 6.42 Å². The lowest BCUT2D eigenvalue weighted by molar-refractivity contribution is -0.873. The Kier molecular flexibility index (Phi) is 6.91. The van der Waals surface area contributed by atoms with Crippen LogP contribution in [0.1, 0.15) is 33.1 Å². The van der Waals surface area contributed by atoms with Crippen LogP contribution in [0.3, 0.4) is 0 Å². The van der Waals surface area contributed by atoms with Crippen LogP contribution in [0, 0.1) is 5.92 Å². The van der Waals surface area contributed by atoms with E-state index in [1.165, 1.54) is 0 Å². The van der Waals surface area contributed by atoms with E-state index in [4.69, 9.17) is 9.84 Å². The summed E-state index contributed by atoms with van der Waals surface area (Å²) in [5.41, 5.74) is 0. The van der Waals surface area contributed by atoms with Gasteiger partial charge in [-0.2, -0.15) is 0 Å². The summed E-state index contributed by atoms with van der Waals surface area (Å²) >= 11 is 0. The average Bonchev–Trinajstić information content (AvgIpc) is 2.10. The minimum Gasteiger partial charge on any atom is -0.481 e.